The first-order valence-corrected chi connectivity index (χ1v) is 7.16. The molecule has 122 valence electrons. The van der Waals surface area contributed by atoms with Crippen LogP contribution in [0.25, 0.3) is 11.3 Å². The lowest BCUT2D eigenvalue weighted by molar-refractivity contribution is -0.139. The van der Waals surface area contributed by atoms with Crippen molar-refractivity contribution in [1.82, 2.24) is 4.98 Å². The summed E-state index contributed by atoms with van der Waals surface area (Å²) in [5.41, 5.74) is -1.71. The number of benzene rings is 1. The van der Waals surface area contributed by atoms with Crippen molar-refractivity contribution in [3.63, 3.8) is 0 Å². The topological polar surface area (TPSA) is 50.2 Å². The van der Waals surface area contributed by atoms with Crippen molar-refractivity contribution in [2.45, 2.75) is 12.6 Å². The fourth-order valence-corrected chi connectivity index (χ4v) is 2.66. The van der Waals surface area contributed by atoms with Gasteiger partial charge in [-0.15, -0.1) is 0 Å². The van der Waals surface area contributed by atoms with E-state index >= 15 is 0 Å². The molecular formula is C14H7Cl3F3NO2. The van der Waals surface area contributed by atoms with Crippen LogP contribution in [0.5, 0.6) is 0 Å². The summed E-state index contributed by atoms with van der Waals surface area (Å²) in [4.78, 5) is 14.8. The highest BCUT2D eigenvalue weighted by Gasteiger charge is 2.35. The Morgan fingerprint density at radius 3 is 2.30 bits per heavy atom. The first-order chi connectivity index (χ1) is 10.6. The zero-order valence-electron chi connectivity index (χ0n) is 11.1. The maximum Gasteiger partial charge on any atom is 0.416 e. The third-order valence-corrected chi connectivity index (χ3v) is 3.99. The highest BCUT2D eigenvalue weighted by molar-refractivity contribution is 6.44. The number of pyridine rings is 1. The van der Waals surface area contributed by atoms with Crippen molar-refractivity contribution in [3.8, 4) is 11.3 Å². The van der Waals surface area contributed by atoms with Gasteiger partial charge in [0.1, 0.15) is 0 Å². The largest absolute Gasteiger partial charge is 0.481 e. The number of aliphatic carboxylic acids is 1. The van der Waals surface area contributed by atoms with E-state index in [4.69, 9.17) is 39.9 Å². The molecule has 0 aliphatic carbocycles. The molecule has 0 spiro atoms. The summed E-state index contributed by atoms with van der Waals surface area (Å²) in [5.74, 6) is -1.43. The predicted molar refractivity (Wildman–Crippen MR) is 81.0 cm³/mol. The van der Waals surface area contributed by atoms with Gasteiger partial charge in [-0.3, -0.25) is 9.78 Å². The SMILES string of the molecule is O=C(O)Cc1c(C(F)(F)F)ccnc1-c1cc(Cl)c(Cl)cc1Cl. The number of aromatic nitrogens is 1. The molecule has 0 bridgehead atoms. The molecule has 0 saturated heterocycles. The third-order valence-electron chi connectivity index (χ3n) is 2.95. The summed E-state index contributed by atoms with van der Waals surface area (Å²) in [6.07, 6.45) is -4.66. The molecule has 2 aromatic rings. The van der Waals surface area contributed by atoms with Crippen LogP contribution in [0.1, 0.15) is 11.1 Å². The lowest BCUT2D eigenvalue weighted by Crippen LogP contribution is -2.14. The molecule has 2 rings (SSSR count). The molecule has 3 nitrogen and oxygen atoms in total. The van der Waals surface area contributed by atoms with Crippen molar-refractivity contribution < 1.29 is 23.1 Å². The van der Waals surface area contributed by atoms with Crippen LogP contribution in [0.15, 0.2) is 24.4 Å². The summed E-state index contributed by atoms with van der Waals surface area (Å²) in [6, 6.07) is 3.22. The molecule has 1 aromatic heterocycles. The Morgan fingerprint density at radius 2 is 1.74 bits per heavy atom. The lowest BCUT2D eigenvalue weighted by Gasteiger charge is -2.16. The smallest absolute Gasteiger partial charge is 0.416 e. The number of carboxylic acids is 1. The van der Waals surface area contributed by atoms with Gasteiger partial charge in [-0.25, -0.2) is 0 Å². The Hall–Kier alpha value is -1.50. The number of carboxylic acid groups (broad SMARTS) is 1. The van der Waals surface area contributed by atoms with Crippen LogP contribution >= 0.6 is 34.8 Å². The van der Waals surface area contributed by atoms with Crippen LogP contribution in [0.2, 0.25) is 15.1 Å². The second-order valence-electron chi connectivity index (χ2n) is 4.50. The van der Waals surface area contributed by atoms with Crippen LogP contribution in [0.3, 0.4) is 0 Å². The molecule has 1 heterocycles. The Bertz CT molecular complexity index is 779. The van der Waals surface area contributed by atoms with Gasteiger partial charge in [-0.05, 0) is 18.2 Å². The van der Waals surface area contributed by atoms with Crippen LogP contribution in [0.4, 0.5) is 13.2 Å². The van der Waals surface area contributed by atoms with E-state index in [2.05, 4.69) is 4.98 Å². The van der Waals surface area contributed by atoms with Crippen molar-refractivity contribution in [2.24, 2.45) is 0 Å². The fraction of sp³-hybridized carbons (Fsp3) is 0.143. The van der Waals surface area contributed by atoms with Gasteiger partial charge in [0, 0.05) is 17.3 Å². The number of nitrogens with zero attached hydrogens (tertiary/aromatic N) is 1. The minimum atomic E-state index is -4.73. The minimum Gasteiger partial charge on any atom is -0.481 e. The van der Waals surface area contributed by atoms with Crippen molar-refractivity contribution >= 4 is 40.8 Å². The van der Waals surface area contributed by atoms with Gasteiger partial charge in [-0.2, -0.15) is 13.2 Å². The predicted octanol–water partition coefficient (Wildman–Crippen LogP) is 5.35. The summed E-state index contributed by atoms with van der Waals surface area (Å²) >= 11 is 17.7. The summed E-state index contributed by atoms with van der Waals surface area (Å²) < 4.78 is 39.4. The van der Waals surface area contributed by atoms with Gasteiger partial charge in [0.05, 0.1) is 32.7 Å². The van der Waals surface area contributed by atoms with Gasteiger partial charge < -0.3 is 5.11 Å². The van der Waals surface area contributed by atoms with E-state index in [1.807, 2.05) is 0 Å². The van der Waals surface area contributed by atoms with E-state index in [1.165, 1.54) is 12.1 Å². The van der Waals surface area contributed by atoms with Crippen molar-refractivity contribution in [3.05, 3.63) is 50.6 Å². The van der Waals surface area contributed by atoms with E-state index in [0.29, 0.717) is 6.07 Å². The zero-order valence-corrected chi connectivity index (χ0v) is 13.4. The molecule has 0 aliphatic rings. The van der Waals surface area contributed by atoms with Gasteiger partial charge in [0.25, 0.3) is 0 Å². The number of hydrogen-bond donors (Lipinski definition) is 1. The molecule has 0 unspecified atom stereocenters. The number of rotatable bonds is 3. The fourth-order valence-electron chi connectivity index (χ4n) is 2.02. The molecule has 0 aliphatic heterocycles. The summed E-state index contributed by atoms with van der Waals surface area (Å²) in [7, 11) is 0. The highest BCUT2D eigenvalue weighted by Crippen LogP contribution is 2.40. The molecule has 0 saturated carbocycles. The zero-order chi connectivity index (χ0) is 17.4. The summed E-state index contributed by atoms with van der Waals surface area (Å²) in [6.45, 7) is 0. The molecule has 0 atom stereocenters. The van der Waals surface area contributed by atoms with E-state index in [9.17, 15) is 18.0 Å². The number of alkyl halides is 3. The van der Waals surface area contributed by atoms with Gasteiger partial charge in [0.15, 0.2) is 0 Å². The van der Waals surface area contributed by atoms with E-state index in [0.717, 1.165) is 6.20 Å². The van der Waals surface area contributed by atoms with Crippen LogP contribution < -0.4 is 0 Å². The molecule has 0 amide bonds. The van der Waals surface area contributed by atoms with Crippen LogP contribution in [0, 0.1) is 0 Å². The maximum absolute atomic E-state index is 13.1. The Kier molecular flexibility index (Phi) is 5.08. The Morgan fingerprint density at radius 1 is 1.13 bits per heavy atom. The first-order valence-electron chi connectivity index (χ1n) is 6.03. The average Bonchev–Trinajstić information content (AvgIpc) is 2.41. The lowest BCUT2D eigenvalue weighted by atomic mass is 9.98. The normalized spacial score (nSPS) is 11.6. The first kappa shape index (κ1) is 17.8. The van der Waals surface area contributed by atoms with Crippen molar-refractivity contribution in [2.75, 3.05) is 0 Å². The molecule has 0 fully saturated rings. The minimum absolute atomic E-state index is 0.0119. The van der Waals surface area contributed by atoms with Crippen LogP contribution in [-0.2, 0) is 17.4 Å². The van der Waals surface area contributed by atoms with Crippen molar-refractivity contribution in [1.29, 1.82) is 0 Å². The van der Waals surface area contributed by atoms with Gasteiger partial charge in [-0.1, -0.05) is 34.8 Å². The van der Waals surface area contributed by atoms with E-state index in [-0.39, 0.29) is 26.3 Å². The number of hydrogen-bond acceptors (Lipinski definition) is 2. The van der Waals surface area contributed by atoms with Crippen LogP contribution in [-0.4, -0.2) is 16.1 Å². The second kappa shape index (κ2) is 6.55. The second-order valence-corrected chi connectivity index (χ2v) is 5.72. The summed E-state index contributed by atoms with van der Waals surface area (Å²) in [5, 5.41) is 9.11. The van der Waals surface area contributed by atoms with E-state index < -0.39 is 29.7 Å². The Balaban J connectivity index is 2.77. The molecule has 0 radical (unpaired) electrons. The maximum atomic E-state index is 13.1. The highest BCUT2D eigenvalue weighted by atomic mass is 35.5. The Labute approximate surface area is 143 Å². The van der Waals surface area contributed by atoms with E-state index in [1.54, 1.807) is 0 Å². The third kappa shape index (κ3) is 3.88. The molecule has 1 N–H and O–H groups in total. The number of halogens is 6. The molecule has 9 heteroatoms. The quantitative estimate of drug-likeness (QED) is 0.725. The average molecular weight is 385 g/mol. The monoisotopic (exact) mass is 383 g/mol. The molecule has 23 heavy (non-hydrogen) atoms. The number of carbonyl (C=O) groups is 1. The van der Waals surface area contributed by atoms with Gasteiger partial charge in [0.2, 0.25) is 0 Å². The molecule has 1 aromatic carbocycles. The molecular weight excluding hydrogens is 378 g/mol. The van der Waals surface area contributed by atoms with Gasteiger partial charge >= 0.3 is 12.1 Å². The standard InChI is InChI=1S/C14H7Cl3F3NO2/c15-9-5-11(17)10(16)3-7(9)13-6(4-12(22)23)8(1-2-21-13)14(18,19)20/h1-3,5H,4H2,(H,22,23).